The Morgan fingerprint density at radius 2 is 2.12 bits per heavy atom. The number of aliphatic hydroxyl groups excluding tert-OH is 1. The molecule has 4 heteroatoms. The summed E-state index contributed by atoms with van der Waals surface area (Å²) < 4.78 is 10.5. The molecule has 1 aromatic rings. The minimum absolute atomic E-state index is 0.508. The van der Waals surface area contributed by atoms with E-state index in [1.165, 1.54) is 0 Å². The van der Waals surface area contributed by atoms with Crippen LogP contribution in [0.1, 0.15) is 30.1 Å². The van der Waals surface area contributed by atoms with E-state index < -0.39 is 6.10 Å². The number of halogens is 1. The van der Waals surface area contributed by atoms with Crippen LogP contribution in [-0.4, -0.2) is 19.3 Å². The Morgan fingerprint density at radius 1 is 1.38 bits per heavy atom. The van der Waals surface area contributed by atoms with Gasteiger partial charge < -0.3 is 14.6 Å². The number of hydrogen-bond donors (Lipinski definition) is 1. The highest BCUT2D eigenvalue weighted by atomic mass is 35.5. The van der Waals surface area contributed by atoms with Gasteiger partial charge in [-0.15, -0.1) is 0 Å². The summed E-state index contributed by atoms with van der Waals surface area (Å²) in [5.74, 6) is 1.18. The quantitative estimate of drug-likeness (QED) is 0.867. The second kappa shape index (κ2) is 4.52. The highest BCUT2D eigenvalue weighted by Gasteiger charge is 2.27. The molecule has 0 aliphatic heterocycles. The molecule has 0 radical (unpaired) electrons. The third-order valence-electron chi connectivity index (χ3n) is 3.00. The van der Waals surface area contributed by atoms with Gasteiger partial charge in [0, 0.05) is 16.7 Å². The second-order valence-electron chi connectivity index (χ2n) is 3.89. The first-order valence-corrected chi connectivity index (χ1v) is 5.68. The van der Waals surface area contributed by atoms with Crippen molar-refractivity contribution in [2.45, 2.75) is 25.4 Å². The first-order valence-electron chi connectivity index (χ1n) is 5.30. The number of ether oxygens (including phenoxy) is 2. The molecule has 0 aromatic heterocycles. The highest BCUT2D eigenvalue weighted by Crippen LogP contribution is 2.45. The fraction of sp³-hybridized carbons (Fsp3) is 0.500. The molecule has 1 atom stereocenters. The molecule has 0 saturated heterocycles. The molecule has 1 N–H and O–H groups in total. The number of rotatable bonds is 2. The van der Waals surface area contributed by atoms with Crippen LogP contribution in [0.25, 0.3) is 0 Å². The van der Waals surface area contributed by atoms with E-state index in [-0.39, 0.29) is 0 Å². The third-order valence-corrected chi connectivity index (χ3v) is 3.34. The van der Waals surface area contributed by atoms with Gasteiger partial charge in [0.05, 0.1) is 20.3 Å². The SMILES string of the molecule is COc1cc(Cl)c2c(c1OC)[C@H](O)CCC2. The van der Waals surface area contributed by atoms with Crippen molar-refractivity contribution in [3.8, 4) is 11.5 Å². The molecule has 0 bridgehead atoms. The molecule has 0 saturated carbocycles. The summed E-state index contributed by atoms with van der Waals surface area (Å²) >= 11 is 6.17. The van der Waals surface area contributed by atoms with E-state index in [1.807, 2.05) is 0 Å². The summed E-state index contributed by atoms with van der Waals surface area (Å²) in [5.41, 5.74) is 1.77. The van der Waals surface area contributed by atoms with Crippen LogP contribution in [0.2, 0.25) is 5.02 Å². The van der Waals surface area contributed by atoms with E-state index in [1.54, 1.807) is 20.3 Å². The predicted molar refractivity (Wildman–Crippen MR) is 62.5 cm³/mol. The van der Waals surface area contributed by atoms with Gasteiger partial charge in [0.2, 0.25) is 0 Å². The first kappa shape index (κ1) is 11.6. The van der Waals surface area contributed by atoms with E-state index in [4.69, 9.17) is 21.1 Å². The molecule has 1 aliphatic carbocycles. The maximum Gasteiger partial charge on any atom is 0.166 e. The number of fused-ring (bicyclic) bond motifs is 1. The smallest absolute Gasteiger partial charge is 0.166 e. The predicted octanol–water partition coefficient (Wildman–Crippen LogP) is 2.73. The molecule has 1 aromatic carbocycles. The van der Waals surface area contributed by atoms with Crippen molar-refractivity contribution in [2.75, 3.05) is 14.2 Å². The molecule has 0 heterocycles. The van der Waals surface area contributed by atoms with Gasteiger partial charge in [-0.25, -0.2) is 0 Å². The number of methoxy groups -OCH3 is 2. The molecule has 0 spiro atoms. The minimum Gasteiger partial charge on any atom is -0.493 e. The molecule has 88 valence electrons. The zero-order valence-corrected chi connectivity index (χ0v) is 10.2. The number of hydrogen-bond acceptors (Lipinski definition) is 3. The Balaban J connectivity index is 2.65. The van der Waals surface area contributed by atoms with Gasteiger partial charge in [0.1, 0.15) is 0 Å². The lowest BCUT2D eigenvalue weighted by Gasteiger charge is -2.25. The molecule has 1 aliphatic rings. The van der Waals surface area contributed by atoms with Gasteiger partial charge in [0.15, 0.2) is 11.5 Å². The highest BCUT2D eigenvalue weighted by molar-refractivity contribution is 6.31. The topological polar surface area (TPSA) is 38.7 Å². The van der Waals surface area contributed by atoms with Gasteiger partial charge in [-0.05, 0) is 24.8 Å². The van der Waals surface area contributed by atoms with Crippen molar-refractivity contribution in [1.29, 1.82) is 0 Å². The minimum atomic E-state index is -0.508. The molecular formula is C12H15ClO3. The Kier molecular flexibility index (Phi) is 3.26. The van der Waals surface area contributed by atoms with Crippen LogP contribution >= 0.6 is 11.6 Å². The second-order valence-corrected chi connectivity index (χ2v) is 4.30. The molecule has 0 fully saturated rings. The summed E-state index contributed by atoms with van der Waals surface area (Å²) in [7, 11) is 3.14. The van der Waals surface area contributed by atoms with Gasteiger partial charge in [-0.3, -0.25) is 0 Å². The lowest BCUT2D eigenvalue weighted by molar-refractivity contribution is 0.151. The average Bonchev–Trinajstić information content (AvgIpc) is 2.29. The van der Waals surface area contributed by atoms with Crippen LogP contribution < -0.4 is 9.47 Å². The van der Waals surface area contributed by atoms with Crippen LogP contribution in [0.4, 0.5) is 0 Å². The lowest BCUT2D eigenvalue weighted by atomic mass is 9.88. The van der Waals surface area contributed by atoms with Crippen molar-refractivity contribution >= 4 is 11.6 Å². The Hall–Kier alpha value is -0.930. The van der Waals surface area contributed by atoms with Crippen molar-refractivity contribution < 1.29 is 14.6 Å². The molecule has 0 amide bonds. The van der Waals surface area contributed by atoms with Gasteiger partial charge in [0.25, 0.3) is 0 Å². The summed E-state index contributed by atoms with van der Waals surface area (Å²) in [4.78, 5) is 0. The van der Waals surface area contributed by atoms with Crippen molar-refractivity contribution in [3.05, 3.63) is 22.2 Å². The number of aliphatic hydroxyl groups is 1. The number of benzene rings is 1. The zero-order chi connectivity index (χ0) is 11.7. The van der Waals surface area contributed by atoms with E-state index in [0.29, 0.717) is 16.5 Å². The fourth-order valence-corrected chi connectivity index (χ4v) is 2.55. The molecule has 16 heavy (non-hydrogen) atoms. The molecule has 2 rings (SSSR count). The largest absolute Gasteiger partial charge is 0.493 e. The third kappa shape index (κ3) is 1.74. The Labute approximate surface area is 99.9 Å². The summed E-state index contributed by atoms with van der Waals surface area (Å²) in [6.07, 6.45) is 2.06. The summed E-state index contributed by atoms with van der Waals surface area (Å²) in [5, 5.41) is 10.7. The Bertz CT molecular complexity index is 404. The van der Waals surface area contributed by atoms with Crippen LogP contribution in [0.3, 0.4) is 0 Å². The fourth-order valence-electron chi connectivity index (χ4n) is 2.25. The monoisotopic (exact) mass is 242 g/mol. The lowest BCUT2D eigenvalue weighted by Crippen LogP contribution is -2.12. The average molecular weight is 243 g/mol. The van der Waals surface area contributed by atoms with E-state index in [9.17, 15) is 5.11 Å². The standard InChI is InChI=1S/C12H15ClO3/c1-15-10-6-8(13)7-4-3-5-9(14)11(7)12(10)16-2/h6,9,14H,3-5H2,1-2H3/t9-/m1/s1. The normalized spacial score (nSPS) is 19.1. The van der Waals surface area contributed by atoms with Crippen molar-refractivity contribution in [1.82, 2.24) is 0 Å². The zero-order valence-electron chi connectivity index (χ0n) is 9.42. The van der Waals surface area contributed by atoms with Gasteiger partial charge >= 0.3 is 0 Å². The molecule has 3 nitrogen and oxygen atoms in total. The van der Waals surface area contributed by atoms with E-state index in [2.05, 4.69) is 0 Å². The van der Waals surface area contributed by atoms with Gasteiger partial charge in [-0.2, -0.15) is 0 Å². The molecule has 0 unspecified atom stereocenters. The van der Waals surface area contributed by atoms with Crippen molar-refractivity contribution in [3.63, 3.8) is 0 Å². The van der Waals surface area contributed by atoms with Crippen LogP contribution in [0.15, 0.2) is 6.07 Å². The van der Waals surface area contributed by atoms with Crippen LogP contribution in [0, 0.1) is 0 Å². The van der Waals surface area contributed by atoms with Crippen LogP contribution in [0.5, 0.6) is 11.5 Å². The Morgan fingerprint density at radius 3 is 2.75 bits per heavy atom. The molecular weight excluding hydrogens is 228 g/mol. The van der Waals surface area contributed by atoms with Gasteiger partial charge in [-0.1, -0.05) is 11.6 Å². The van der Waals surface area contributed by atoms with Crippen LogP contribution in [-0.2, 0) is 6.42 Å². The maximum atomic E-state index is 10.0. The summed E-state index contributed by atoms with van der Waals surface area (Å²) in [6, 6.07) is 1.75. The van der Waals surface area contributed by atoms with E-state index >= 15 is 0 Å². The van der Waals surface area contributed by atoms with Crippen molar-refractivity contribution in [2.24, 2.45) is 0 Å². The maximum absolute atomic E-state index is 10.0. The van der Waals surface area contributed by atoms with E-state index in [0.717, 1.165) is 30.4 Å². The first-order chi connectivity index (χ1) is 7.69. The summed E-state index contributed by atoms with van der Waals surface area (Å²) in [6.45, 7) is 0.